The first-order chi connectivity index (χ1) is 12.3. The van der Waals surface area contributed by atoms with Crippen molar-refractivity contribution < 1.29 is 4.74 Å². The fourth-order valence-corrected chi connectivity index (χ4v) is 3.91. The van der Waals surface area contributed by atoms with Crippen LogP contribution >= 0.6 is 0 Å². The molecule has 26 heavy (non-hydrogen) atoms. The van der Waals surface area contributed by atoms with Crippen LogP contribution in [0.25, 0.3) is 0 Å². The van der Waals surface area contributed by atoms with E-state index < -0.39 is 5.72 Å². The third kappa shape index (κ3) is 2.67. The molecule has 1 aromatic carbocycles. The minimum Gasteiger partial charge on any atom is -0.345 e. The quantitative estimate of drug-likeness (QED) is 0.699. The maximum atomic E-state index is 6.49. The van der Waals surface area contributed by atoms with Crippen molar-refractivity contribution in [2.24, 2.45) is 4.99 Å². The van der Waals surface area contributed by atoms with E-state index in [1.807, 2.05) is 19.2 Å². The Hall–Kier alpha value is -2.39. The molecule has 0 aromatic heterocycles. The number of nitrogens with zero attached hydrogens (tertiary/aromatic N) is 2. The Morgan fingerprint density at radius 3 is 2.69 bits per heavy atom. The standard InChI is InChI=1S/C23H28N2O/c1-7-11-19-12-10-15-26-23(16-24-18(3)17(19)2)22(4,5)20-13-8-9-14-21(20)25(23)6/h7-14,16H,3,15H2,1-2,4-6H3/b11-7-,12-10-,19-17-,24-16?. The van der Waals surface area contributed by atoms with Gasteiger partial charge in [-0.2, -0.15) is 0 Å². The molecule has 1 unspecified atom stereocenters. The largest absolute Gasteiger partial charge is 0.345 e. The summed E-state index contributed by atoms with van der Waals surface area (Å²) in [5, 5.41) is 0. The van der Waals surface area contributed by atoms with Crippen molar-refractivity contribution in [1.29, 1.82) is 0 Å². The normalized spacial score (nSPS) is 29.4. The van der Waals surface area contributed by atoms with Gasteiger partial charge < -0.3 is 9.64 Å². The third-order valence-electron chi connectivity index (χ3n) is 5.64. The molecule has 0 amide bonds. The Bertz CT molecular complexity index is 842. The lowest BCUT2D eigenvalue weighted by Crippen LogP contribution is -2.58. The number of aliphatic imine (C=N–C) groups is 1. The van der Waals surface area contributed by atoms with Gasteiger partial charge in [0.05, 0.1) is 18.5 Å². The van der Waals surface area contributed by atoms with Crippen LogP contribution < -0.4 is 4.90 Å². The van der Waals surface area contributed by atoms with E-state index in [0.29, 0.717) is 6.61 Å². The van der Waals surface area contributed by atoms with Gasteiger partial charge >= 0.3 is 0 Å². The van der Waals surface area contributed by atoms with E-state index in [9.17, 15) is 0 Å². The van der Waals surface area contributed by atoms with Crippen molar-refractivity contribution >= 4 is 11.9 Å². The summed E-state index contributed by atoms with van der Waals surface area (Å²) in [5.74, 6) is 0. The molecule has 0 N–H and O–H groups in total. The molecule has 3 rings (SSSR count). The van der Waals surface area contributed by atoms with Gasteiger partial charge in [0.15, 0.2) is 5.72 Å². The first-order valence-corrected chi connectivity index (χ1v) is 9.07. The Kier molecular flexibility index (Phi) is 4.76. The van der Waals surface area contributed by atoms with Crippen molar-refractivity contribution in [2.75, 3.05) is 18.6 Å². The van der Waals surface area contributed by atoms with Gasteiger partial charge in [0.2, 0.25) is 0 Å². The van der Waals surface area contributed by atoms with Crippen LogP contribution in [0.5, 0.6) is 0 Å². The first-order valence-electron chi connectivity index (χ1n) is 9.07. The maximum Gasteiger partial charge on any atom is 0.186 e. The fourth-order valence-electron chi connectivity index (χ4n) is 3.91. The topological polar surface area (TPSA) is 24.8 Å². The second kappa shape index (κ2) is 6.73. The highest BCUT2D eigenvalue weighted by atomic mass is 16.5. The molecule has 2 heterocycles. The van der Waals surface area contributed by atoms with E-state index in [-0.39, 0.29) is 5.41 Å². The van der Waals surface area contributed by atoms with Gasteiger partial charge in [-0.1, -0.05) is 62.9 Å². The van der Waals surface area contributed by atoms with Crippen LogP contribution in [-0.4, -0.2) is 25.6 Å². The molecule has 3 nitrogen and oxygen atoms in total. The molecule has 3 heteroatoms. The van der Waals surface area contributed by atoms with E-state index >= 15 is 0 Å². The summed E-state index contributed by atoms with van der Waals surface area (Å²) in [6, 6.07) is 8.47. The van der Waals surface area contributed by atoms with Crippen molar-refractivity contribution in [2.45, 2.75) is 38.8 Å². The Balaban J connectivity index is 2.12. The highest BCUT2D eigenvalue weighted by Crippen LogP contribution is 2.50. The van der Waals surface area contributed by atoms with E-state index in [4.69, 9.17) is 9.73 Å². The average molecular weight is 348 g/mol. The monoisotopic (exact) mass is 348 g/mol. The summed E-state index contributed by atoms with van der Waals surface area (Å²) >= 11 is 0. The Labute approximate surface area is 157 Å². The predicted octanol–water partition coefficient (Wildman–Crippen LogP) is 5.17. The van der Waals surface area contributed by atoms with Gasteiger partial charge in [-0.05, 0) is 36.6 Å². The summed E-state index contributed by atoms with van der Waals surface area (Å²) < 4.78 is 6.49. The molecule has 1 spiro atoms. The smallest absolute Gasteiger partial charge is 0.186 e. The minimum absolute atomic E-state index is 0.251. The van der Waals surface area contributed by atoms with E-state index in [0.717, 1.165) is 16.8 Å². The number of fused-ring (bicyclic) bond motifs is 1. The molecule has 0 bridgehead atoms. The minimum atomic E-state index is -0.664. The molecule has 2 aliphatic heterocycles. The van der Waals surface area contributed by atoms with Gasteiger partial charge in [-0.25, -0.2) is 0 Å². The number of para-hydroxylation sites is 1. The Morgan fingerprint density at radius 1 is 1.27 bits per heavy atom. The van der Waals surface area contributed by atoms with E-state index in [1.54, 1.807) is 0 Å². The van der Waals surface area contributed by atoms with Crippen LogP contribution in [0.2, 0.25) is 0 Å². The lowest BCUT2D eigenvalue weighted by Gasteiger charge is -2.43. The van der Waals surface area contributed by atoms with Crippen molar-refractivity contribution in [3.05, 3.63) is 77.6 Å². The molecular weight excluding hydrogens is 320 g/mol. The predicted molar refractivity (Wildman–Crippen MR) is 111 cm³/mol. The van der Waals surface area contributed by atoms with Crippen LogP contribution in [0.4, 0.5) is 5.69 Å². The number of hydrogen-bond donors (Lipinski definition) is 0. The zero-order valence-corrected chi connectivity index (χ0v) is 16.4. The summed E-state index contributed by atoms with van der Waals surface area (Å²) in [7, 11) is 2.08. The molecular formula is C23H28N2O. The Morgan fingerprint density at radius 2 is 2.00 bits per heavy atom. The fraction of sp³-hybridized carbons (Fsp3) is 0.348. The summed E-state index contributed by atoms with van der Waals surface area (Å²) in [6.07, 6.45) is 10.2. The van der Waals surface area contributed by atoms with Gasteiger partial charge in [0.25, 0.3) is 0 Å². The van der Waals surface area contributed by atoms with Crippen molar-refractivity contribution in [3.63, 3.8) is 0 Å². The van der Waals surface area contributed by atoms with Crippen LogP contribution in [0.1, 0.15) is 33.3 Å². The lowest BCUT2D eigenvalue weighted by molar-refractivity contribution is -0.0122. The number of ether oxygens (including phenoxy) is 1. The molecule has 0 saturated heterocycles. The second-order valence-corrected chi connectivity index (χ2v) is 7.40. The number of allylic oxidation sites excluding steroid dienone is 5. The summed E-state index contributed by atoms with van der Waals surface area (Å²) in [4.78, 5) is 6.95. The highest BCUT2D eigenvalue weighted by Gasteiger charge is 2.56. The van der Waals surface area contributed by atoms with Gasteiger partial charge in [0, 0.05) is 18.2 Å². The van der Waals surface area contributed by atoms with Gasteiger partial charge in [-0.3, -0.25) is 4.99 Å². The number of benzene rings is 1. The number of rotatable bonds is 1. The van der Waals surface area contributed by atoms with Gasteiger partial charge in [-0.15, -0.1) is 0 Å². The van der Waals surface area contributed by atoms with Crippen LogP contribution in [0.15, 0.2) is 77.0 Å². The molecule has 0 saturated carbocycles. The maximum absolute atomic E-state index is 6.49. The average Bonchev–Trinajstić information content (AvgIpc) is 2.80. The number of likely N-dealkylation sites (N-methyl/N-ethyl adjacent to an activating group) is 1. The summed E-state index contributed by atoms with van der Waals surface area (Å²) in [6.45, 7) is 13.2. The lowest BCUT2D eigenvalue weighted by atomic mass is 9.78. The first kappa shape index (κ1) is 18.4. The third-order valence-corrected chi connectivity index (χ3v) is 5.64. The molecule has 0 fully saturated rings. The van der Waals surface area contributed by atoms with Crippen LogP contribution in [0, 0.1) is 0 Å². The van der Waals surface area contributed by atoms with Crippen molar-refractivity contribution in [3.8, 4) is 0 Å². The second-order valence-electron chi connectivity index (χ2n) is 7.40. The molecule has 0 radical (unpaired) electrons. The molecule has 0 aliphatic carbocycles. The number of hydrogen-bond acceptors (Lipinski definition) is 3. The van der Waals surface area contributed by atoms with Crippen molar-refractivity contribution in [1.82, 2.24) is 0 Å². The molecule has 2 aliphatic rings. The molecule has 1 atom stereocenters. The number of anilines is 1. The van der Waals surface area contributed by atoms with Gasteiger partial charge in [0.1, 0.15) is 0 Å². The SMILES string of the molecule is C=C1N=CC2(OC\C=C/C(/C=C\C)=C\1C)N(C)c1ccccc1C2(C)C. The summed E-state index contributed by atoms with van der Waals surface area (Å²) in [5.41, 5.74) is 4.47. The molecule has 136 valence electrons. The highest BCUT2D eigenvalue weighted by molar-refractivity contribution is 5.84. The van der Waals surface area contributed by atoms with Crippen LogP contribution in [0.3, 0.4) is 0 Å². The zero-order chi connectivity index (χ0) is 18.9. The van der Waals surface area contributed by atoms with E-state index in [2.05, 4.69) is 81.8 Å². The van der Waals surface area contributed by atoms with E-state index in [1.165, 1.54) is 11.3 Å². The van der Waals surface area contributed by atoms with Crippen LogP contribution in [-0.2, 0) is 10.2 Å². The molecule has 1 aromatic rings. The zero-order valence-electron chi connectivity index (χ0n) is 16.4.